The Bertz CT molecular complexity index is 263. The number of hydrogen-bond acceptors (Lipinski definition) is 3. The van der Waals surface area contributed by atoms with Crippen molar-refractivity contribution in [2.45, 2.75) is 45.6 Å². The van der Waals surface area contributed by atoms with E-state index in [-0.39, 0.29) is 17.9 Å². The Labute approximate surface area is 96.9 Å². The quantitative estimate of drug-likeness (QED) is 0.688. The van der Waals surface area contributed by atoms with Crippen LogP contribution >= 0.6 is 0 Å². The molecule has 0 aliphatic carbocycles. The molecule has 0 N–H and O–H groups in total. The summed E-state index contributed by atoms with van der Waals surface area (Å²) in [4.78, 5) is 25.2. The predicted molar refractivity (Wildman–Crippen MR) is 60.8 cm³/mol. The lowest BCUT2D eigenvalue weighted by atomic mass is 10.0. The first-order valence-corrected chi connectivity index (χ1v) is 5.93. The van der Waals surface area contributed by atoms with E-state index in [0.29, 0.717) is 18.9 Å². The highest BCUT2D eigenvalue weighted by Gasteiger charge is 2.32. The molecule has 1 saturated heterocycles. The molecule has 0 unspecified atom stereocenters. The largest absolute Gasteiger partial charge is 0.467 e. The second kappa shape index (κ2) is 5.87. The van der Waals surface area contributed by atoms with Gasteiger partial charge in [-0.1, -0.05) is 13.8 Å². The number of likely N-dealkylation sites (tertiary alicyclic amines) is 1. The number of hydrogen-bond donors (Lipinski definition) is 0. The average molecular weight is 227 g/mol. The van der Waals surface area contributed by atoms with Crippen LogP contribution in [0.2, 0.25) is 0 Å². The van der Waals surface area contributed by atoms with Crippen molar-refractivity contribution in [2.75, 3.05) is 13.7 Å². The SMILES string of the molecule is COC(=O)[C@H]1CCCCN1C(=O)CC(C)C. The number of ether oxygens (including phenoxy) is 1. The molecule has 4 nitrogen and oxygen atoms in total. The first kappa shape index (κ1) is 13.0. The smallest absolute Gasteiger partial charge is 0.328 e. The van der Waals surface area contributed by atoms with Crippen molar-refractivity contribution in [3.05, 3.63) is 0 Å². The maximum Gasteiger partial charge on any atom is 0.328 e. The molecule has 0 radical (unpaired) electrons. The zero-order valence-corrected chi connectivity index (χ0v) is 10.4. The van der Waals surface area contributed by atoms with E-state index in [1.807, 2.05) is 13.8 Å². The van der Waals surface area contributed by atoms with Gasteiger partial charge in [0.25, 0.3) is 0 Å². The van der Waals surface area contributed by atoms with Crippen molar-refractivity contribution < 1.29 is 14.3 Å². The highest BCUT2D eigenvalue weighted by Crippen LogP contribution is 2.20. The molecule has 0 aromatic rings. The Balaban J connectivity index is 2.66. The van der Waals surface area contributed by atoms with Gasteiger partial charge in [0, 0.05) is 13.0 Å². The molecule has 16 heavy (non-hydrogen) atoms. The summed E-state index contributed by atoms with van der Waals surface area (Å²) in [5.41, 5.74) is 0. The molecule has 1 fully saturated rings. The van der Waals surface area contributed by atoms with Crippen molar-refractivity contribution in [3.8, 4) is 0 Å². The van der Waals surface area contributed by atoms with Gasteiger partial charge in [0.1, 0.15) is 6.04 Å². The molecule has 1 heterocycles. The van der Waals surface area contributed by atoms with Crippen LogP contribution in [0, 0.1) is 5.92 Å². The molecule has 1 atom stereocenters. The van der Waals surface area contributed by atoms with Gasteiger partial charge in [-0.05, 0) is 25.2 Å². The molecule has 0 aromatic heterocycles. The maximum absolute atomic E-state index is 12.0. The number of nitrogens with zero attached hydrogens (tertiary/aromatic N) is 1. The van der Waals surface area contributed by atoms with Crippen LogP contribution in [0.1, 0.15) is 39.5 Å². The summed E-state index contributed by atoms with van der Waals surface area (Å²) in [6, 6.07) is -0.356. The van der Waals surface area contributed by atoms with Crippen molar-refractivity contribution in [1.82, 2.24) is 4.90 Å². The Hall–Kier alpha value is -1.06. The van der Waals surface area contributed by atoms with Crippen molar-refractivity contribution in [3.63, 3.8) is 0 Å². The van der Waals surface area contributed by atoms with Crippen LogP contribution in [0.4, 0.5) is 0 Å². The maximum atomic E-state index is 12.0. The van der Waals surface area contributed by atoms with E-state index >= 15 is 0 Å². The Morgan fingerprint density at radius 1 is 1.38 bits per heavy atom. The van der Waals surface area contributed by atoms with Gasteiger partial charge in [-0.25, -0.2) is 4.79 Å². The van der Waals surface area contributed by atoms with Crippen molar-refractivity contribution in [1.29, 1.82) is 0 Å². The first-order valence-electron chi connectivity index (χ1n) is 5.93. The molecular weight excluding hydrogens is 206 g/mol. The molecule has 4 heteroatoms. The number of methoxy groups -OCH3 is 1. The number of carbonyl (C=O) groups excluding carboxylic acids is 2. The number of carbonyl (C=O) groups is 2. The van der Waals surface area contributed by atoms with Gasteiger partial charge >= 0.3 is 5.97 Å². The second-order valence-electron chi connectivity index (χ2n) is 4.72. The predicted octanol–water partition coefficient (Wildman–Crippen LogP) is 1.59. The minimum atomic E-state index is -0.356. The summed E-state index contributed by atoms with van der Waals surface area (Å²) in [5, 5.41) is 0. The van der Waals surface area contributed by atoms with Crippen LogP contribution < -0.4 is 0 Å². The zero-order chi connectivity index (χ0) is 12.1. The fourth-order valence-electron chi connectivity index (χ4n) is 2.08. The Morgan fingerprint density at radius 3 is 2.62 bits per heavy atom. The third kappa shape index (κ3) is 3.22. The summed E-state index contributed by atoms with van der Waals surface area (Å²) < 4.78 is 4.74. The van der Waals surface area contributed by atoms with Gasteiger partial charge < -0.3 is 9.64 Å². The summed E-state index contributed by atoms with van der Waals surface area (Å²) in [7, 11) is 1.38. The van der Waals surface area contributed by atoms with E-state index < -0.39 is 0 Å². The van der Waals surface area contributed by atoms with Gasteiger partial charge in [-0.15, -0.1) is 0 Å². The first-order chi connectivity index (χ1) is 7.56. The van der Waals surface area contributed by atoms with Crippen LogP contribution in [0.3, 0.4) is 0 Å². The average Bonchev–Trinajstić information content (AvgIpc) is 2.27. The summed E-state index contributed by atoms with van der Waals surface area (Å²) in [6.45, 7) is 4.70. The van der Waals surface area contributed by atoms with Crippen molar-refractivity contribution >= 4 is 11.9 Å². The van der Waals surface area contributed by atoms with E-state index in [2.05, 4.69) is 0 Å². The number of rotatable bonds is 3. The van der Waals surface area contributed by atoms with Crippen LogP contribution in [0.5, 0.6) is 0 Å². The van der Waals surface area contributed by atoms with E-state index in [1.165, 1.54) is 7.11 Å². The molecule has 0 aromatic carbocycles. The lowest BCUT2D eigenvalue weighted by Crippen LogP contribution is -2.48. The van der Waals surface area contributed by atoms with E-state index in [9.17, 15) is 9.59 Å². The summed E-state index contributed by atoms with van der Waals surface area (Å²) in [5.74, 6) is 0.120. The van der Waals surface area contributed by atoms with E-state index in [0.717, 1.165) is 19.3 Å². The number of esters is 1. The Kier molecular flexibility index (Phi) is 4.77. The second-order valence-corrected chi connectivity index (χ2v) is 4.72. The number of amides is 1. The highest BCUT2D eigenvalue weighted by molar-refractivity contribution is 5.84. The zero-order valence-electron chi connectivity index (χ0n) is 10.4. The molecule has 1 aliphatic heterocycles. The standard InChI is InChI=1S/C12H21NO3/c1-9(2)8-11(14)13-7-5-4-6-10(13)12(15)16-3/h9-10H,4-8H2,1-3H3/t10-/m1/s1. The molecule has 1 rings (SSSR count). The molecule has 1 aliphatic rings. The van der Waals surface area contributed by atoms with Crippen LogP contribution in [-0.2, 0) is 14.3 Å². The fraction of sp³-hybridized carbons (Fsp3) is 0.833. The number of piperidine rings is 1. The third-order valence-electron chi connectivity index (χ3n) is 2.88. The third-order valence-corrected chi connectivity index (χ3v) is 2.88. The van der Waals surface area contributed by atoms with Gasteiger partial charge in [0.2, 0.25) is 5.91 Å². The molecule has 0 saturated carbocycles. The topological polar surface area (TPSA) is 46.6 Å². The molecule has 0 bridgehead atoms. The lowest BCUT2D eigenvalue weighted by Gasteiger charge is -2.34. The van der Waals surface area contributed by atoms with Gasteiger partial charge in [-0.2, -0.15) is 0 Å². The minimum absolute atomic E-state index is 0.0742. The monoisotopic (exact) mass is 227 g/mol. The van der Waals surface area contributed by atoms with Gasteiger partial charge in [0.05, 0.1) is 7.11 Å². The normalized spacial score (nSPS) is 21.0. The molecule has 1 amide bonds. The van der Waals surface area contributed by atoms with Gasteiger partial charge in [-0.3, -0.25) is 4.79 Å². The van der Waals surface area contributed by atoms with Crippen LogP contribution in [-0.4, -0.2) is 36.5 Å². The highest BCUT2D eigenvalue weighted by atomic mass is 16.5. The summed E-state index contributed by atoms with van der Waals surface area (Å²) in [6.07, 6.45) is 3.21. The molecular formula is C12H21NO3. The minimum Gasteiger partial charge on any atom is -0.467 e. The Morgan fingerprint density at radius 2 is 2.06 bits per heavy atom. The van der Waals surface area contributed by atoms with Crippen LogP contribution in [0.15, 0.2) is 0 Å². The van der Waals surface area contributed by atoms with Crippen LogP contribution in [0.25, 0.3) is 0 Å². The molecule has 92 valence electrons. The van der Waals surface area contributed by atoms with Crippen molar-refractivity contribution in [2.24, 2.45) is 5.92 Å². The molecule has 0 spiro atoms. The lowest BCUT2D eigenvalue weighted by molar-refractivity contribution is -0.155. The van der Waals surface area contributed by atoms with E-state index in [1.54, 1.807) is 4.90 Å². The fourth-order valence-corrected chi connectivity index (χ4v) is 2.08. The van der Waals surface area contributed by atoms with E-state index in [4.69, 9.17) is 4.74 Å². The van der Waals surface area contributed by atoms with Gasteiger partial charge in [0.15, 0.2) is 0 Å². The summed E-state index contributed by atoms with van der Waals surface area (Å²) >= 11 is 0.